The molecule has 0 saturated heterocycles. The summed E-state index contributed by atoms with van der Waals surface area (Å²) in [5.74, 6) is -6.35. The number of fused-ring (bicyclic) bond motifs is 1. The maximum absolute atomic E-state index is 13.6. The van der Waals surface area contributed by atoms with Crippen LogP contribution in [0.15, 0.2) is 30.5 Å². The first-order valence-electron chi connectivity index (χ1n) is 6.96. The highest BCUT2D eigenvalue weighted by Crippen LogP contribution is 2.30. The Hall–Kier alpha value is -3.21. The van der Waals surface area contributed by atoms with Gasteiger partial charge in [-0.05, 0) is 12.1 Å². The minimum absolute atomic E-state index is 0.00891. The number of hydrogen-bond donors (Lipinski definition) is 1. The van der Waals surface area contributed by atoms with Crippen molar-refractivity contribution in [3.63, 3.8) is 0 Å². The van der Waals surface area contributed by atoms with Gasteiger partial charge in [0.15, 0.2) is 35.4 Å². The third-order valence-electron chi connectivity index (χ3n) is 3.14. The van der Waals surface area contributed by atoms with Crippen LogP contribution in [0.4, 0.5) is 18.3 Å². The Morgan fingerprint density at radius 1 is 1.27 bits per heavy atom. The number of carbonyl (C=O) groups is 2. The molecule has 2 aromatic heterocycles. The Morgan fingerprint density at radius 2 is 2.04 bits per heavy atom. The van der Waals surface area contributed by atoms with Gasteiger partial charge in [-0.3, -0.25) is 10.1 Å². The molecule has 11 heteroatoms. The van der Waals surface area contributed by atoms with E-state index in [0.717, 1.165) is 12.3 Å². The Morgan fingerprint density at radius 3 is 2.77 bits per heavy atom. The van der Waals surface area contributed by atoms with Crippen LogP contribution in [0.5, 0.6) is 0 Å². The van der Waals surface area contributed by atoms with Crippen LogP contribution >= 0.6 is 11.3 Å². The Kier molecular flexibility index (Phi) is 4.71. The molecule has 2 heterocycles. The molecular weight excluding hydrogens is 375 g/mol. The maximum atomic E-state index is 13.6. The fourth-order valence-electron chi connectivity index (χ4n) is 1.97. The summed E-state index contributed by atoms with van der Waals surface area (Å²) in [6, 6.07) is 4.82. The predicted molar refractivity (Wildman–Crippen MR) is 83.8 cm³/mol. The Balaban J connectivity index is 1.67. The second kappa shape index (κ2) is 6.96. The van der Waals surface area contributed by atoms with Crippen LogP contribution in [0.3, 0.4) is 0 Å². The summed E-state index contributed by atoms with van der Waals surface area (Å²) in [6.45, 7) is -0.741. The molecule has 3 rings (SSSR count). The smallest absolute Gasteiger partial charge is 0.405 e. The molecule has 0 aliphatic rings. The van der Waals surface area contributed by atoms with Crippen LogP contribution in [0.1, 0.15) is 10.5 Å². The number of halogens is 3. The van der Waals surface area contributed by atoms with Gasteiger partial charge in [-0.25, -0.2) is 22.9 Å². The van der Waals surface area contributed by atoms with E-state index in [1.807, 2.05) is 0 Å². The minimum atomic E-state index is -1.66. The third kappa shape index (κ3) is 3.42. The lowest BCUT2D eigenvalue weighted by Crippen LogP contribution is -2.35. The van der Waals surface area contributed by atoms with Crippen LogP contribution in [-0.4, -0.2) is 23.5 Å². The van der Waals surface area contributed by atoms with Gasteiger partial charge in [-0.2, -0.15) is 4.73 Å². The van der Waals surface area contributed by atoms with Gasteiger partial charge in [0.05, 0.1) is 4.70 Å². The molecule has 0 aliphatic heterocycles. The van der Waals surface area contributed by atoms with E-state index in [4.69, 9.17) is 0 Å². The van der Waals surface area contributed by atoms with Crippen molar-refractivity contribution in [2.45, 2.75) is 0 Å². The fourth-order valence-corrected chi connectivity index (χ4v) is 2.88. The Labute approximate surface area is 147 Å². The molecule has 0 radical (unpaired) electrons. The molecule has 0 bridgehead atoms. The van der Waals surface area contributed by atoms with Gasteiger partial charge in [0, 0.05) is 12.1 Å². The van der Waals surface area contributed by atoms with Gasteiger partial charge in [0.2, 0.25) is 0 Å². The summed E-state index contributed by atoms with van der Waals surface area (Å²) >= 11 is 0.711. The number of nitrogens with zero attached hydrogens (tertiary/aromatic N) is 2. The highest BCUT2D eigenvalue weighted by atomic mass is 32.1. The quantitative estimate of drug-likeness (QED) is 0.322. The lowest BCUT2D eigenvalue weighted by molar-refractivity contribution is -0.608. The first kappa shape index (κ1) is 17.6. The molecule has 0 atom stereocenters. The molecule has 0 unspecified atom stereocenters. The number of nitrogens with one attached hydrogen (secondary N) is 1. The SMILES string of the molecule is O=C(COC(=O)c1cccc[n+]1[O-])Nc1nc2c(F)c(F)c(F)cc2s1. The van der Waals surface area contributed by atoms with Crippen molar-refractivity contribution in [1.29, 1.82) is 0 Å². The van der Waals surface area contributed by atoms with Crippen molar-refractivity contribution in [3.8, 4) is 0 Å². The molecule has 1 aromatic carbocycles. The zero-order valence-electron chi connectivity index (χ0n) is 12.7. The number of rotatable bonds is 4. The lowest BCUT2D eigenvalue weighted by Gasteiger charge is -2.04. The average Bonchev–Trinajstić information content (AvgIpc) is 3.00. The lowest BCUT2D eigenvalue weighted by atomic mass is 10.3. The van der Waals surface area contributed by atoms with Gasteiger partial charge >= 0.3 is 11.7 Å². The monoisotopic (exact) mass is 383 g/mol. The van der Waals surface area contributed by atoms with Gasteiger partial charge in [-0.1, -0.05) is 11.3 Å². The van der Waals surface area contributed by atoms with Crippen molar-refractivity contribution in [2.24, 2.45) is 0 Å². The molecule has 26 heavy (non-hydrogen) atoms. The van der Waals surface area contributed by atoms with E-state index in [2.05, 4.69) is 15.0 Å². The molecule has 0 aliphatic carbocycles. The van der Waals surface area contributed by atoms with Crippen molar-refractivity contribution < 1.29 is 32.2 Å². The van der Waals surface area contributed by atoms with E-state index < -0.39 is 41.5 Å². The summed E-state index contributed by atoms with van der Waals surface area (Å²) in [5.41, 5.74) is -0.744. The molecule has 7 nitrogen and oxygen atoms in total. The largest absolute Gasteiger partial charge is 0.618 e. The number of carbonyl (C=O) groups excluding carboxylic acids is 2. The average molecular weight is 383 g/mol. The van der Waals surface area contributed by atoms with E-state index in [0.29, 0.717) is 11.3 Å². The number of esters is 1. The molecule has 0 saturated carbocycles. The second-order valence-electron chi connectivity index (χ2n) is 4.89. The van der Waals surface area contributed by atoms with E-state index >= 15 is 0 Å². The summed E-state index contributed by atoms with van der Waals surface area (Å²) in [4.78, 5) is 27.2. The van der Waals surface area contributed by atoms with Gasteiger partial charge in [0.25, 0.3) is 5.91 Å². The number of hydrogen-bond acceptors (Lipinski definition) is 6. The number of benzene rings is 1. The molecule has 0 spiro atoms. The normalized spacial score (nSPS) is 10.7. The number of ether oxygens (including phenoxy) is 1. The zero-order valence-corrected chi connectivity index (χ0v) is 13.5. The number of amides is 1. The van der Waals surface area contributed by atoms with Crippen molar-refractivity contribution in [3.05, 3.63) is 58.8 Å². The van der Waals surface area contributed by atoms with Crippen LogP contribution in [0, 0.1) is 22.7 Å². The summed E-state index contributed by atoms with van der Waals surface area (Å²) in [5, 5.41) is 13.5. The predicted octanol–water partition coefficient (Wildman–Crippen LogP) is 2.14. The molecule has 3 aromatic rings. The second-order valence-corrected chi connectivity index (χ2v) is 5.92. The first-order chi connectivity index (χ1) is 12.4. The number of pyridine rings is 1. The van der Waals surface area contributed by atoms with Crippen molar-refractivity contribution in [1.82, 2.24) is 4.98 Å². The molecule has 1 amide bonds. The molecule has 0 fully saturated rings. The van der Waals surface area contributed by atoms with Crippen LogP contribution < -0.4 is 10.0 Å². The van der Waals surface area contributed by atoms with Gasteiger partial charge in [0.1, 0.15) is 5.52 Å². The zero-order chi connectivity index (χ0) is 18.8. The summed E-state index contributed by atoms with van der Waals surface area (Å²) < 4.78 is 44.9. The van der Waals surface area contributed by atoms with Gasteiger partial charge in [-0.15, -0.1) is 0 Å². The third-order valence-corrected chi connectivity index (χ3v) is 4.05. The number of anilines is 1. The minimum Gasteiger partial charge on any atom is -0.618 e. The maximum Gasteiger partial charge on any atom is 0.405 e. The topological polar surface area (TPSA) is 95.2 Å². The van der Waals surface area contributed by atoms with Crippen LogP contribution in [0.2, 0.25) is 0 Å². The molecule has 134 valence electrons. The van der Waals surface area contributed by atoms with Crippen LogP contribution in [0.25, 0.3) is 10.2 Å². The van der Waals surface area contributed by atoms with E-state index in [1.165, 1.54) is 18.2 Å². The van der Waals surface area contributed by atoms with Crippen molar-refractivity contribution in [2.75, 3.05) is 11.9 Å². The highest BCUT2D eigenvalue weighted by Gasteiger charge is 2.20. The van der Waals surface area contributed by atoms with E-state index in [-0.39, 0.29) is 20.3 Å². The van der Waals surface area contributed by atoms with Crippen molar-refractivity contribution >= 4 is 38.6 Å². The fraction of sp³-hybridized carbons (Fsp3) is 0.0667. The number of thiazole rings is 1. The highest BCUT2D eigenvalue weighted by molar-refractivity contribution is 7.22. The summed E-state index contributed by atoms with van der Waals surface area (Å²) in [6.07, 6.45) is 1.09. The molecule has 1 N–H and O–H groups in total. The van der Waals surface area contributed by atoms with Crippen LogP contribution in [-0.2, 0) is 9.53 Å². The number of aromatic nitrogens is 2. The molecular formula is C15H8F3N3O4S. The Bertz CT molecular complexity index is 1020. The van der Waals surface area contributed by atoms with E-state index in [9.17, 15) is 28.0 Å². The van der Waals surface area contributed by atoms with Gasteiger partial charge < -0.3 is 9.94 Å². The standard InChI is InChI=1S/C15H8F3N3O4S/c16-7-5-9-13(12(18)11(7)17)20-15(26-9)19-10(22)6-25-14(23)8-3-1-2-4-21(8)24/h1-5H,6H2,(H,19,20,22). The van der Waals surface area contributed by atoms with E-state index in [1.54, 1.807) is 0 Å². The summed E-state index contributed by atoms with van der Waals surface area (Å²) in [7, 11) is 0. The first-order valence-corrected chi connectivity index (χ1v) is 7.77.